The van der Waals surface area contributed by atoms with Crippen molar-refractivity contribution in [2.75, 3.05) is 6.54 Å². The first kappa shape index (κ1) is 31.6. The van der Waals surface area contributed by atoms with Gasteiger partial charge in [-0.1, -0.05) is 67.9 Å². The number of amides is 2. The van der Waals surface area contributed by atoms with Gasteiger partial charge < -0.3 is 10.6 Å². The molecule has 0 unspecified atom stereocenters. The van der Waals surface area contributed by atoms with Gasteiger partial charge in [0, 0.05) is 23.4 Å². The Balaban J connectivity index is 2.25. The molecule has 0 fully saturated rings. The molecule has 0 saturated heterocycles. The maximum absolute atomic E-state index is 14.5. The number of alkyl halides is 5. The normalized spacial score (nSPS) is 13.7. The van der Waals surface area contributed by atoms with Crippen molar-refractivity contribution in [1.82, 2.24) is 10.6 Å². The van der Waals surface area contributed by atoms with Crippen LogP contribution < -0.4 is 10.6 Å². The first-order valence-corrected chi connectivity index (χ1v) is 12.1. The molecule has 0 heterocycles. The molecule has 2 aromatic rings. The largest absolute Gasteiger partial charge is 0.405 e. The molecule has 6 nitrogen and oxygen atoms in total. The van der Waals surface area contributed by atoms with Gasteiger partial charge in [-0.05, 0) is 35.3 Å². The monoisotopic (exact) mass is 572 g/mol. The van der Waals surface area contributed by atoms with Gasteiger partial charge >= 0.3 is 12.1 Å². The quantitative estimate of drug-likeness (QED) is 0.204. The van der Waals surface area contributed by atoms with Gasteiger partial charge in [0.05, 0.1) is 0 Å². The summed E-state index contributed by atoms with van der Waals surface area (Å²) in [5.41, 5.74) is 0.897. The summed E-state index contributed by atoms with van der Waals surface area (Å²) in [5.74, 6) is -13.4. The Morgan fingerprint density at radius 2 is 1.59 bits per heavy atom. The fourth-order valence-electron chi connectivity index (χ4n) is 3.57. The van der Waals surface area contributed by atoms with Crippen LogP contribution in [-0.4, -0.2) is 42.0 Å². The second-order valence-electron chi connectivity index (χ2n) is 9.00. The number of rotatable bonds is 12. The highest BCUT2D eigenvalue weighted by molar-refractivity contribution is 6.30. The summed E-state index contributed by atoms with van der Waals surface area (Å²) in [7, 11) is 0. The Morgan fingerprint density at radius 3 is 2.15 bits per heavy atom. The molecule has 0 aliphatic carbocycles. The van der Waals surface area contributed by atoms with Crippen LogP contribution in [0, 0.1) is 11.8 Å². The topological polar surface area (TPSA) is 92.3 Å². The van der Waals surface area contributed by atoms with Crippen molar-refractivity contribution in [3.8, 4) is 0 Å². The van der Waals surface area contributed by atoms with E-state index in [-0.39, 0.29) is 0 Å². The summed E-state index contributed by atoms with van der Waals surface area (Å²) >= 11 is 5.92. The zero-order valence-corrected chi connectivity index (χ0v) is 21.7. The van der Waals surface area contributed by atoms with E-state index in [9.17, 15) is 41.1 Å². The molecular weight excluding hydrogens is 547 g/mol. The van der Waals surface area contributed by atoms with Crippen LogP contribution in [0.4, 0.5) is 22.0 Å². The van der Waals surface area contributed by atoms with Gasteiger partial charge in [-0.15, -0.1) is 0 Å². The minimum absolute atomic E-state index is 0.302. The maximum atomic E-state index is 14.5. The summed E-state index contributed by atoms with van der Waals surface area (Å²) < 4.78 is 66.1. The number of ketones is 2. The molecule has 0 bridgehead atoms. The number of hydrogen-bond donors (Lipinski definition) is 2. The number of Topliss-reactive ketones (excluding diaryl/α,β-unsaturated/α-hetero) is 2. The summed E-state index contributed by atoms with van der Waals surface area (Å²) in [5, 5.41) is 3.93. The van der Waals surface area contributed by atoms with Gasteiger partial charge in [-0.3, -0.25) is 19.2 Å². The van der Waals surface area contributed by atoms with Gasteiger partial charge in [0.2, 0.25) is 11.7 Å². The summed E-state index contributed by atoms with van der Waals surface area (Å²) in [4.78, 5) is 50.3. The molecule has 0 aromatic heterocycles. The lowest BCUT2D eigenvalue weighted by Crippen LogP contribution is -2.51. The molecule has 0 spiro atoms. The van der Waals surface area contributed by atoms with Gasteiger partial charge in [-0.2, -0.15) is 22.0 Å². The third-order valence-electron chi connectivity index (χ3n) is 5.62. The van der Waals surface area contributed by atoms with E-state index in [1.165, 1.54) is 32.1 Å². The second-order valence-corrected chi connectivity index (χ2v) is 9.43. The van der Waals surface area contributed by atoms with Gasteiger partial charge in [0.15, 0.2) is 5.78 Å². The van der Waals surface area contributed by atoms with E-state index in [1.807, 2.05) is 0 Å². The smallest absolute Gasteiger partial charge is 0.341 e. The lowest BCUT2D eigenvalue weighted by atomic mass is 9.82. The number of carbonyl (C=O) groups is 4. The molecule has 0 aliphatic heterocycles. The van der Waals surface area contributed by atoms with E-state index in [0.717, 1.165) is 11.4 Å². The van der Waals surface area contributed by atoms with Crippen molar-refractivity contribution in [3.63, 3.8) is 0 Å². The predicted octanol–water partition coefficient (Wildman–Crippen LogP) is 5.33. The molecule has 2 N–H and O–H groups in total. The Labute approximate surface area is 226 Å². The van der Waals surface area contributed by atoms with Crippen molar-refractivity contribution in [3.05, 3.63) is 76.8 Å². The fraction of sp³-hybridized carbons (Fsp3) is 0.333. The highest BCUT2D eigenvalue weighted by Crippen LogP contribution is 2.30. The molecule has 0 radical (unpaired) electrons. The molecule has 39 heavy (non-hydrogen) atoms. The Bertz CT molecular complexity index is 1220. The van der Waals surface area contributed by atoms with Crippen LogP contribution in [0.15, 0.2) is 60.7 Å². The van der Waals surface area contributed by atoms with Crippen molar-refractivity contribution >= 4 is 41.1 Å². The zero-order chi connectivity index (χ0) is 29.4. The first-order chi connectivity index (χ1) is 18.1. The number of hydrogen-bond acceptors (Lipinski definition) is 4. The summed E-state index contributed by atoms with van der Waals surface area (Å²) in [6, 6.07) is 13.0. The molecule has 2 aromatic carbocycles. The highest BCUT2D eigenvalue weighted by Gasteiger charge is 2.51. The van der Waals surface area contributed by atoms with Crippen molar-refractivity contribution in [1.29, 1.82) is 0 Å². The summed E-state index contributed by atoms with van der Waals surface area (Å²) in [6.07, 6.45) is -3.20. The molecule has 210 valence electrons. The fourth-order valence-corrected chi connectivity index (χ4v) is 3.77. The average molecular weight is 573 g/mol. The van der Waals surface area contributed by atoms with E-state index in [4.69, 9.17) is 11.6 Å². The van der Waals surface area contributed by atoms with Gasteiger partial charge in [-0.25, -0.2) is 0 Å². The average Bonchev–Trinajstić information content (AvgIpc) is 2.87. The van der Waals surface area contributed by atoms with E-state index in [0.29, 0.717) is 16.1 Å². The van der Waals surface area contributed by atoms with Crippen molar-refractivity contribution in [2.45, 2.75) is 38.4 Å². The Hall–Kier alpha value is -3.60. The van der Waals surface area contributed by atoms with E-state index in [1.54, 1.807) is 42.5 Å². The van der Waals surface area contributed by atoms with Gasteiger partial charge in [0.1, 0.15) is 12.6 Å². The molecule has 2 rings (SSSR count). The standard InChI is InChI=1S/C27H26ClF5N2O4/c1-16(2)20(24(38)27(32,33)25(39)34-15-26(29,30)31)14-21(36)23(18-8-4-3-5-9-18)35-22(37)12-11-17-7-6-10-19(28)13-17/h3-13,16,20,23H,14-15H2,1-2H3,(H,34,39)(H,35,37)/b12-11+/t20-,23-/m0/s1. The minimum Gasteiger partial charge on any atom is -0.341 e. The van der Waals surface area contributed by atoms with Crippen LogP contribution in [-0.2, 0) is 19.2 Å². The van der Waals surface area contributed by atoms with E-state index < -0.39 is 66.3 Å². The Kier molecular flexibility index (Phi) is 10.9. The maximum Gasteiger partial charge on any atom is 0.405 e. The van der Waals surface area contributed by atoms with Crippen LogP contribution in [0.25, 0.3) is 6.08 Å². The lowest BCUT2D eigenvalue weighted by molar-refractivity contribution is -0.167. The van der Waals surface area contributed by atoms with Crippen LogP contribution in [0.2, 0.25) is 5.02 Å². The van der Waals surface area contributed by atoms with E-state index >= 15 is 0 Å². The SMILES string of the molecule is CC(C)[C@H](CC(=O)[C@@H](NC(=O)/C=C/c1cccc(Cl)c1)c1ccccc1)C(=O)C(F)(F)C(=O)NCC(F)(F)F. The molecule has 2 atom stereocenters. The van der Waals surface area contributed by atoms with Crippen LogP contribution in [0.3, 0.4) is 0 Å². The lowest BCUT2D eigenvalue weighted by Gasteiger charge is -2.26. The summed E-state index contributed by atoms with van der Waals surface area (Å²) in [6.45, 7) is 0.650. The van der Waals surface area contributed by atoms with Crippen molar-refractivity contribution in [2.24, 2.45) is 11.8 Å². The molecule has 0 aliphatic rings. The molecule has 0 saturated carbocycles. The third kappa shape index (κ3) is 9.58. The number of halogens is 6. The Morgan fingerprint density at radius 1 is 0.949 bits per heavy atom. The minimum atomic E-state index is -4.97. The number of nitrogens with one attached hydrogen (secondary N) is 2. The first-order valence-electron chi connectivity index (χ1n) is 11.7. The molecule has 2 amide bonds. The third-order valence-corrected chi connectivity index (χ3v) is 5.86. The van der Waals surface area contributed by atoms with Gasteiger partial charge in [0.25, 0.3) is 5.91 Å². The van der Waals surface area contributed by atoms with Crippen LogP contribution >= 0.6 is 11.6 Å². The number of benzene rings is 2. The number of carbonyl (C=O) groups excluding carboxylic acids is 4. The van der Waals surface area contributed by atoms with Crippen LogP contribution in [0.1, 0.15) is 37.4 Å². The molecular formula is C27H26ClF5N2O4. The van der Waals surface area contributed by atoms with Crippen LogP contribution in [0.5, 0.6) is 0 Å². The molecule has 12 heteroatoms. The second kappa shape index (κ2) is 13.5. The van der Waals surface area contributed by atoms with Crippen molar-refractivity contribution < 1.29 is 41.1 Å². The van der Waals surface area contributed by atoms with E-state index in [2.05, 4.69) is 5.32 Å². The predicted molar refractivity (Wildman–Crippen MR) is 135 cm³/mol. The zero-order valence-electron chi connectivity index (χ0n) is 20.9. The highest BCUT2D eigenvalue weighted by atomic mass is 35.5.